The van der Waals surface area contributed by atoms with Crippen LogP contribution >= 0.6 is 35.7 Å². The Kier molecular flexibility index (Phi) is 5.31. The van der Waals surface area contributed by atoms with E-state index in [0.29, 0.717) is 32.2 Å². The molecule has 27 heavy (non-hydrogen) atoms. The molecule has 2 saturated heterocycles. The van der Waals surface area contributed by atoms with E-state index in [2.05, 4.69) is 5.32 Å². The molecule has 3 heterocycles. The molecule has 4 rings (SSSR count). The van der Waals surface area contributed by atoms with Gasteiger partial charge in [0.2, 0.25) is 12.7 Å². The van der Waals surface area contributed by atoms with Crippen LogP contribution in [-0.2, 0) is 9.59 Å². The van der Waals surface area contributed by atoms with Gasteiger partial charge in [-0.15, -0.1) is 0 Å². The van der Waals surface area contributed by atoms with Crippen LogP contribution in [0, 0.1) is 0 Å². The third-order valence-electron chi connectivity index (χ3n) is 4.27. The van der Waals surface area contributed by atoms with Crippen molar-refractivity contribution in [2.24, 2.45) is 0 Å². The van der Waals surface area contributed by atoms with Crippen LogP contribution in [0.5, 0.6) is 11.5 Å². The van der Waals surface area contributed by atoms with Gasteiger partial charge >= 0.3 is 0 Å². The quantitative estimate of drug-likeness (QED) is 0.551. The fourth-order valence-electron chi connectivity index (χ4n) is 2.87. The van der Waals surface area contributed by atoms with E-state index in [1.165, 1.54) is 4.90 Å². The number of hydrogen-bond acceptors (Lipinski definition) is 8. The van der Waals surface area contributed by atoms with Crippen LogP contribution in [0.25, 0.3) is 6.08 Å². The van der Waals surface area contributed by atoms with E-state index in [0.717, 1.165) is 17.3 Å². The summed E-state index contributed by atoms with van der Waals surface area (Å²) in [7, 11) is 0. The van der Waals surface area contributed by atoms with E-state index in [9.17, 15) is 14.7 Å². The molecule has 2 fully saturated rings. The molecule has 7 nitrogen and oxygen atoms in total. The average Bonchev–Trinajstić information content (AvgIpc) is 3.32. The van der Waals surface area contributed by atoms with Gasteiger partial charge in [-0.05, 0) is 23.8 Å². The van der Waals surface area contributed by atoms with Crippen molar-refractivity contribution in [1.29, 1.82) is 0 Å². The molecule has 2 N–H and O–H groups in total. The Hall–Kier alpha value is -1.75. The van der Waals surface area contributed by atoms with Crippen molar-refractivity contribution in [1.82, 2.24) is 10.2 Å². The first-order chi connectivity index (χ1) is 13.0. The monoisotopic (exact) mass is 424 g/mol. The van der Waals surface area contributed by atoms with Crippen LogP contribution in [0.4, 0.5) is 0 Å². The Morgan fingerprint density at radius 1 is 1.37 bits per heavy atom. The second-order valence-electron chi connectivity index (χ2n) is 6.16. The molecule has 1 aromatic carbocycles. The average molecular weight is 425 g/mol. The van der Waals surface area contributed by atoms with E-state index >= 15 is 0 Å². The number of carbonyl (C=O) groups excluding carboxylic acids is 2. The first-order valence-electron chi connectivity index (χ1n) is 8.21. The Labute approximate surface area is 169 Å². The predicted molar refractivity (Wildman–Crippen MR) is 108 cm³/mol. The molecular formula is C17H16N2O5S3. The Balaban J connectivity index is 1.43. The molecule has 0 unspecified atom stereocenters. The van der Waals surface area contributed by atoms with Crippen LogP contribution in [0.15, 0.2) is 23.1 Å². The van der Waals surface area contributed by atoms with E-state index < -0.39 is 6.10 Å². The third-order valence-corrected chi connectivity index (χ3v) is 6.82. The lowest BCUT2D eigenvalue weighted by molar-refractivity contribution is -0.129. The highest BCUT2D eigenvalue weighted by atomic mass is 32.2. The van der Waals surface area contributed by atoms with Gasteiger partial charge in [0, 0.05) is 11.5 Å². The number of hydrogen-bond donors (Lipinski definition) is 2. The molecule has 10 heteroatoms. The number of rotatable bonds is 4. The smallest absolute Gasteiger partial charge is 0.266 e. The normalized spacial score (nSPS) is 25.5. The molecule has 0 aromatic heterocycles. The molecule has 0 bridgehead atoms. The number of amides is 2. The molecule has 0 radical (unpaired) electrons. The minimum atomic E-state index is -0.559. The highest BCUT2D eigenvalue weighted by Gasteiger charge is 2.35. The van der Waals surface area contributed by atoms with Crippen LogP contribution in [-0.4, -0.2) is 63.1 Å². The fourth-order valence-corrected chi connectivity index (χ4v) is 5.29. The van der Waals surface area contributed by atoms with E-state index in [1.807, 2.05) is 6.07 Å². The van der Waals surface area contributed by atoms with Crippen molar-refractivity contribution in [3.8, 4) is 11.5 Å². The summed E-state index contributed by atoms with van der Waals surface area (Å²) < 4.78 is 11.0. The van der Waals surface area contributed by atoms with Crippen LogP contribution < -0.4 is 14.8 Å². The summed E-state index contributed by atoms with van der Waals surface area (Å²) in [6.07, 6.45) is 1.16. The number of nitrogens with zero attached hydrogens (tertiary/aromatic N) is 1. The van der Waals surface area contributed by atoms with Crippen molar-refractivity contribution in [3.05, 3.63) is 28.7 Å². The van der Waals surface area contributed by atoms with Crippen LogP contribution in [0.2, 0.25) is 0 Å². The molecule has 0 saturated carbocycles. The highest BCUT2D eigenvalue weighted by molar-refractivity contribution is 8.26. The summed E-state index contributed by atoms with van der Waals surface area (Å²) >= 11 is 8.00. The Morgan fingerprint density at radius 2 is 2.19 bits per heavy atom. The number of thioether (sulfide) groups is 2. The lowest BCUT2D eigenvalue weighted by Gasteiger charge is -2.18. The zero-order valence-electron chi connectivity index (χ0n) is 14.0. The summed E-state index contributed by atoms with van der Waals surface area (Å²) in [5.41, 5.74) is 0.787. The molecular weight excluding hydrogens is 408 g/mol. The zero-order chi connectivity index (χ0) is 19.0. The van der Waals surface area contributed by atoms with Crippen molar-refractivity contribution in [2.45, 2.75) is 12.1 Å². The van der Waals surface area contributed by atoms with Crippen molar-refractivity contribution < 1.29 is 24.2 Å². The maximum atomic E-state index is 12.7. The molecule has 2 atom stereocenters. The van der Waals surface area contributed by atoms with E-state index in [-0.39, 0.29) is 31.2 Å². The topological polar surface area (TPSA) is 88.1 Å². The van der Waals surface area contributed by atoms with Gasteiger partial charge in [0.15, 0.2) is 11.5 Å². The van der Waals surface area contributed by atoms with Gasteiger partial charge in [-0.1, -0.05) is 30.0 Å². The minimum Gasteiger partial charge on any atom is -0.454 e. The number of aliphatic hydroxyl groups excluding tert-OH is 1. The van der Waals surface area contributed by atoms with Crippen molar-refractivity contribution >= 4 is 58.0 Å². The predicted octanol–water partition coefficient (Wildman–Crippen LogP) is 1.21. The number of fused-ring (bicyclic) bond motifs is 1. The summed E-state index contributed by atoms with van der Waals surface area (Å²) in [5.74, 6) is 1.93. The Morgan fingerprint density at radius 3 is 2.96 bits per heavy atom. The van der Waals surface area contributed by atoms with Gasteiger partial charge in [-0.25, -0.2) is 0 Å². The van der Waals surface area contributed by atoms with Gasteiger partial charge in [0.05, 0.1) is 17.1 Å². The SMILES string of the molecule is O=C(CN1C(=O)/C(=C/c2ccc3c(c2)OCO3)SC1=S)N[C@@H]1CSC[C@@H]1O. The number of aliphatic hydroxyl groups is 1. The second-order valence-corrected chi connectivity index (χ2v) is 8.91. The number of thiocarbonyl (C=S) groups is 1. The standard InChI is InChI=1S/C17H16N2O5S3/c20-11-7-26-6-10(11)18-15(21)5-19-16(22)14(27-17(19)25)4-9-1-2-12-13(3-9)24-8-23-12/h1-4,10-11,20H,5-8H2,(H,18,21)/b14-4-/t10-,11+/m1/s1. The number of ether oxygens (including phenoxy) is 2. The molecule has 142 valence electrons. The van der Waals surface area contributed by atoms with Crippen LogP contribution in [0.3, 0.4) is 0 Å². The van der Waals surface area contributed by atoms with E-state index in [4.69, 9.17) is 21.7 Å². The van der Waals surface area contributed by atoms with Crippen LogP contribution in [0.1, 0.15) is 5.56 Å². The van der Waals surface area contributed by atoms with Gasteiger partial charge < -0.3 is 19.9 Å². The fraction of sp³-hybridized carbons (Fsp3) is 0.353. The minimum absolute atomic E-state index is 0.156. The Bertz CT molecular complexity index is 844. The lowest BCUT2D eigenvalue weighted by atomic mass is 10.2. The van der Waals surface area contributed by atoms with Gasteiger partial charge in [0.25, 0.3) is 5.91 Å². The maximum Gasteiger partial charge on any atom is 0.266 e. The number of nitrogens with one attached hydrogen (secondary N) is 1. The largest absolute Gasteiger partial charge is 0.454 e. The highest BCUT2D eigenvalue weighted by Crippen LogP contribution is 2.36. The lowest BCUT2D eigenvalue weighted by Crippen LogP contribution is -2.47. The maximum absolute atomic E-state index is 12.7. The van der Waals surface area contributed by atoms with Gasteiger partial charge in [0.1, 0.15) is 10.9 Å². The summed E-state index contributed by atoms with van der Waals surface area (Å²) in [6.45, 7) is 0.0290. The molecule has 3 aliphatic rings. The number of carbonyl (C=O) groups is 2. The van der Waals surface area contributed by atoms with Crippen molar-refractivity contribution in [2.75, 3.05) is 24.8 Å². The molecule has 1 aromatic rings. The number of benzene rings is 1. The molecule has 2 amide bonds. The first-order valence-corrected chi connectivity index (χ1v) is 10.6. The second kappa shape index (κ2) is 7.70. The third kappa shape index (κ3) is 3.93. The molecule has 0 spiro atoms. The van der Waals surface area contributed by atoms with Crippen molar-refractivity contribution in [3.63, 3.8) is 0 Å². The van der Waals surface area contributed by atoms with E-state index in [1.54, 1.807) is 30.0 Å². The molecule has 0 aliphatic carbocycles. The summed E-state index contributed by atoms with van der Waals surface area (Å²) in [6, 6.07) is 5.12. The molecule has 3 aliphatic heterocycles. The summed E-state index contributed by atoms with van der Waals surface area (Å²) in [4.78, 5) is 26.6. The van der Waals surface area contributed by atoms with Gasteiger partial charge in [-0.2, -0.15) is 11.8 Å². The zero-order valence-corrected chi connectivity index (χ0v) is 16.5. The summed E-state index contributed by atoms with van der Waals surface area (Å²) in [5, 5.41) is 12.6. The van der Waals surface area contributed by atoms with Gasteiger partial charge in [-0.3, -0.25) is 14.5 Å². The first kappa shape index (κ1) is 18.6.